The minimum absolute atomic E-state index is 0.950. The van der Waals surface area contributed by atoms with Gasteiger partial charge in [-0.25, -0.2) is 4.98 Å². The predicted molar refractivity (Wildman–Crippen MR) is 258 cm³/mol. The molecule has 0 saturated heterocycles. The number of rotatable bonds is 7. The van der Waals surface area contributed by atoms with Gasteiger partial charge in [0.2, 0.25) is 0 Å². The Bertz CT molecular complexity index is 3310. The topological polar surface area (TPSA) is 22.8 Å². The van der Waals surface area contributed by atoms with Gasteiger partial charge in [0.05, 0.1) is 41.5 Å². The molecule has 0 amide bonds. The van der Waals surface area contributed by atoms with E-state index in [2.05, 4.69) is 235 Å². The van der Waals surface area contributed by atoms with E-state index >= 15 is 0 Å². The van der Waals surface area contributed by atoms with Crippen molar-refractivity contribution in [3.05, 3.63) is 206 Å². The molecule has 0 aliphatic carbocycles. The quantitative estimate of drug-likeness (QED) is 0.148. The lowest BCUT2D eigenvalue weighted by Crippen LogP contribution is -2.37. The van der Waals surface area contributed by atoms with Gasteiger partial charge in [0, 0.05) is 44.0 Å². The largest absolute Gasteiger partial charge is 0.309 e. The molecule has 0 bridgehead atoms. The van der Waals surface area contributed by atoms with E-state index in [-0.39, 0.29) is 0 Å². The zero-order chi connectivity index (χ0) is 40.4. The maximum Gasteiger partial charge on any atom is 0.0775 e. The van der Waals surface area contributed by atoms with Crippen molar-refractivity contribution in [2.45, 2.75) is 19.6 Å². The highest BCUT2D eigenvalue weighted by Gasteiger charge is 2.19. The fraction of sp³-hybridized carbons (Fsp3) is 0.0536. The summed E-state index contributed by atoms with van der Waals surface area (Å²) in [5, 5.41) is 6.48. The normalized spacial score (nSPS) is 11.9. The van der Waals surface area contributed by atoms with Crippen LogP contribution in [-0.4, -0.2) is 22.2 Å². The van der Waals surface area contributed by atoms with Crippen LogP contribution in [0, 0.1) is 0 Å². The molecule has 60 heavy (non-hydrogen) atoms. The molecule has 11 rings (SSSR count). The van der Waals surface area contributed by atoms with Crippen LogP contribution in [0.15, 0.2) is 206 Å². The molecule has 3 aromatic heterocycles. The van der Waals surface area contributed by atoms with Crippen LogP contribution >= 0.6 is 0 Å². The Morgan fingerprint density at radius 3 is 1.22 bits per heavy atom. The highest BCUT2D eigenvalue weighted by molar-refractivity contribution is 6.88. The maximum atomic E-state index is 5.20. The average molecular weight is 786 g/mol. The van der Waals surface area contributed by atoms with Crippen LogP contribution in [0.1, 0.15) is 0 Å². The second kappa shape index (κ2) is 14.2. The first-order valence-corrected chi connectivity index (χ1v) is 24.3. The molecule has 0 aliphatic rings. The average Bonchev–Trinajstić information content (AvgIpc) is 3.81. The van der Waals surface area contributed by atoms with E-state index in [0.29, 0.717) is 0 Å². The Balaban J connectivity index is 1.03. The maximum absolute atomic E-state index is 5.20. The summed E-state index contributed by atoms with van der Waals surface area (Å²) in [4.78, 5) is 5.20. The molecule has 286 valence electrons. The van der Waals surface area contributed by atoms with Crippen LogP contribution < -0.4 is 5.19 Å². The molecular formula is C56H43N3Si. The second-order valence-electron chi connectivity index (χ2n) is 16.9. The van der Waals surface area contributed by atoms with Gasteiger partial charge in [0.1, 0.15) is 0 Å². The van der Waals surface area contributed by atoms with Crippen LogP contribution in [0.4, 0.5) is 0 Å². The zero-order valence-electron chi connectivity index (χ0n) is 34.0. The molecule has 0 fully saturated rings. The highest BCUT2D eigenvalue weighted by Crippen LogP contribution is 2.39. The third-order valence-electron chi connectivity index (χ3n) is 12.1. The summed E-state index contributed by atoms with van der Waals surface area (Å²) >= 11 is 0. The van der Waals surface area contributed by atoms with Gasteiger partial charge < -0.3 is 9.13 Å². The van der Waals surface area contributed by atoms with E-state index in [1.54, 1.807) is 0 Å². The van der Waals surface area contributed by atoms with Gasteiger partial charge in [-0.2, -0.15) is 0 Å². The van der Waals surface area contributed by atoms with E-state index in [1.165, 1.54) is 71.2 Å². The van der Waals surface area contributed by atoms with E-state index in [4.69, 9.17) is 4.98 Å². The van der Waals surface area contributed by atoms with Crippen LogP contribution in [0.3, 0.4) is 0 Å². The molecule has 0 spiro atoms. The standard InChI is InChI=1S/C56H43N3Si/c1-60(2,3)46-30-28-45(29-31-46)59-54-21-13-11-19-48(54)50-33-25-42(37-56(50)59)41-24-32-49-47-18-10-12-20-53(47)58(55(49)36-41)44-26-22-40(23-27-44)52-35-43(38-14-6-4-7-15-38)34-51(57-52)39-16-8-5-9-17-39/h4-37H,1-3H3. The van der Waals surface area contributed by atoms with Gasteiger partial charge in [-0.15, -0.1) is 0 Å². The minimum Gasteiger partial charge on any atom is -0.309 e. The lowest BCUT2D eigenvalue weighted by atomic mass is 10.00. The fourth-order valence-corrected chi connectivity index (χ4v) is 10.1. The summed E-state index contributed by atoms with van der Waals surface area (Å²) in [6.07, 6.45) is 0. The van der Waals surface area contributed by atoms with Crippen molar-refractivity contribution in [1.29, 1.82) is 0 Å². The Labute approximate surface area is 351 Å². The van der Waals surface area contributed by atoms with Gasteiger partial charge >= 0.3 is 0 Å². The molecule has 4 heteroatoms. The van der Waals surface area contributed by atoms with Gasteiger partial charge in [-0.05, 0) is 82.9 Å². The van der Waals surface area contributed by atoms with Crippen molar-refractivity contribution in [3.63, 3.8) is 0 Å². The smallest absolute Gasteiger partial charge is 0.0775 e. The van der Waals surface area contributed by atoms with Crippen LogP contribution in [-0.2, 0) is 0 Å². The summed E-state index contributed by atoms with van der Waals surface area (Å²) in [7, 11) is -1.43. The van der Waals surface area contributed by atoms with Crippen molar-refractivity contribution in [2.75, 3.05) is 0 Å². The molecular weight excluding hydrogens is 743 g/mol. The molecule has 8 aromatic carbocycles. The highest BCUT2D eigenvalue weighted by atomic mass is 28.3. The van der Waals surface area contributed by atoms with E-state index in [0.717, 1.165) is 33.8 Å². The third-order valence-corrected chi connectivity index (χ3v) is 14.2. The Morgan fingerprint density at radius 2 is 0.717 bits per heavy atom. The zero-order valence-corrected chi connectivity index (χ0v) is 35.0. The molecule has 0 atom stereocenters. The monoisotopic (exact) mass is 785 g/mol. The van der Waals surface area contributed by atoms with Crippen molar-refractivity contribution >= 4 is 56.9 Å². The van der Waals surface area contributed by atoms with Crippen LogP contribution in [0.2, 0.25) is 19.6 Å². The SMILES string of the molecule is C[Si](C)(C)c1ccc(-n2c3ccccc3c3ccc(-c4ccc5c6ccccc6n(-c6ccc(-c7cc(-c8ccccc8)cc(-c8ccccc8)n7)cc6)c5c4)cc32)cc1. The number of nitrogens with zero attached hydrogens (tertiary/aromatic N) is 3. The van der Waals surface area contributed by atoms with Crippen molar-refractivity contribution in [3.8, 4) is 56.1 Å². The molecule has 3 heterocycles. The number of pyridine rings is 1. The Kier molecular flexibility index (Phi) is 8.50. The number of aromatic nitrogens is 3. The molecule has 3 nitrogen and oxygen atoms in total. The summed E-state index contributed by atoms with van der Waals surface area (Å²) in [6, 6.07) is 75.1. The predicted octanol–water partition coefficient (Wildman–Crippen LogP) is 14.5. The second-order valence-corrected chi connectivity index (χ2v) is 21.9. The molecule has 11 aromatic rings. The molecule has 0 unspecified atom stereocenters. The van der Waals surface area contributed by atoms with Crippen molar-refractivity contribution in [2.24, 2.45) is 0 Å². The van der Waals surface area contributed by atoms with E-state index < -0.39 is 8.07 Å². The number of benzene rings is 8. The number of fused-ring (bicyclic) bond motifs is 6. The summed E-state index contributed by atoms with van der Waals surface area (Å²) < 4.78 is 4.85. The van der Waals surface area contributed by atoms with Gasteiger partial charge in [-0.1, -0.05) is 170 Å². The Hall–Kier alpha value is -7.27. The van der Waals surface area contributed by atoms with Gasteiger partial charge in [0.25, 0.3) is 0 Å². The minimum atomic E-state index is -1.43. The number of para-hydroxylation sites is 2. The van der Waals surface area contributed by atoms with Crippen molar-refractivity contribution < 1.29 is 0 Å². The molecule has 0 N–H and O–H groups in total. The Morgan fingerprint density at radius 1 is 0.317 bits per heavy atom. The van der Waals surface area contributed by atoms with Gasteiger partial charge in [-0.3, -0.25) is 0 Å². The number of hydrogen-bond donors (Lipinski definition) is 0. The van der Waals surface area contributed by atoms with Crippen molar-refractivity contribution in [1.82, 2.24) is 14.1 Å². The van der Waals surface area contributed by atoms with Gasteiger partial charge in [0.15, 0.2) is 0 Å². The van der Waals surface area contributed by atoms with Crippen LogP contribution in [0.25, 0.3) is 99.8 Å². The first kappa shape index (κ1) is 35.9. The lowest BCUT2D eigenvalue weighted by molar-refractivity contribution is 1.18. The molecule has 0 aliphatic heterocycles. The first-order chi connectivity index (χ1) is 29.4. The lowest BCUT2D eigenvalue weighted by Gasteiger charge is -2.17. The third kappa shape index (κ3) is 6.16. The summed E-state index contributed by atoms with van der Waals surface area (Å²) in [5.74, 6) is 0. The summed E-state index contributed by atoms with van der Waals surface area (Å²) in [6.45, 7) is 7.22. The molecule has 0 radical (unpaired) electrons. The molecule has 0 saturated carbocycles. The van der Waals surface area contributed by atoms with E-state index in [1.807, 2.05) is 0 Å². The summed E-state index contributed by atoms with van der Waals surface area (Å²) in [5.41, 5.74) is 15.9. The number of hydrogen-bond acceptors (Lipinski definition) is 1. The van der Waals surface area contributed by atoms with E-state index in [9.17, 15) is 0 Å². The first-order valence-electron chi connectivity index (χ1n) is 20.8. The van der Waals surface area contributed by atoms with Crippen LogP contribution in [0.5, 0.6) is 0 Å². The fourth-order valence-electron chi connectivity index (χ4n) is 8.98.